The summed E-state index contributed by atoms with van der Waals surface area (Å²) in [4.78, 5) is 42.4. The third kappa shape index (κ3) is 3.78. The van der Waals surface area contributed by atoms with Crippen LogP contribution in [-0.2, 0) is 19.1 Å². The number of anilines is 1. The molecule has 2 saturated heterocycles. The van der Waals surface area contributed by atoms with Gasteiger partial charge in [0.1, 0.15) is 5.54 Å². The third-order valence-corrected chi connectivity index (χ3v) is 7.19. The zero-order chi connectivity index (χ0) is 26.2. The van der Waals surface area contributed by atoms with Crippen LogP contribution in [0.5, 0.6) is 17.2 Å². The number of amides is 2. The van der Waals surface area contributed by atoms with Crippen molar-refractivity contribution in [2.45, 2.75) is 38.8 Å². The first-order chi connectivity index (χ1) is 17.3. The van der Waals surface area contributed by atoms with E-state index in [1.165, 1.54) is 26.2 Å². The molecule has 0 radical (unpaired) electrons. The number of benzene rings is 2. The Hall–Kier alpha value is -3.59. The molecule has 0 aromatic heterocycles. The van der Waals surface area contributed by atoms with Gasteiger partial charge in [-0.05, 0) is 50.1 Å². The van der Waals surface area contributed by atoms with E-state index >= 15 is 0 Å². The zero-order valence-electron chi connectivity index (χ0n) is 21.4. The number of carbonyl (C=O) groups is 3. The molecule has 36 heavy (non-hydrogen) atoms. The number of esters is 1. The van der Waals surface area contributed by atoms with Gasteiger partial charge < -0.3 is 18.9 Å². The van der Waals surface area contributed by atoms with Crippen molar-refractivity contribution in [3.63, 3.8) is 0 Å². The number of hydrogen-bond acceptors (Lipinski definition) is 8. The molecule has 0 bridgehead atoms. The van der Waals surface area contributed by atoms with Crippen LogP contribution in [0.1, 0.15) is 37.4 Å². The molecule has 4 rings (SSSR count). The number of imide groups is 1. The second-order valence-electron chi connectivity index (χ2n) is 8.98. The van der Waals surface area contributed by atoms with Crippen molar-refractivity contribution in [2.75, 3.05) is 32.8 Å². The van der Waals surface area contributed by atoms with Gasteiger partial charge in [-0.15, -0.1) is 0 Å². The summed E-state index contributed by atoms with van der Waals surface area (Å²) in [7, 11) is 4.51. The number of carbonyl (C=O) groups excluding carboxylic acids is 3. The van der Waals surface area contributed by atoms with Gasteiger partial charge in [0, 0.05) is 6.04 Å². The van der Waals surface area contributed by atoms with Crippen molar-refractivity contribution in [3.05, 3.63) is 47.5 Å². The molecule has 9 heteroatoms. The van der Waals surface area contributed by atoms with Crippen molar-refractivity contribution < 1.29 is 33.3 Å². The summed E-state index contributed by atoms with van der Waals surface area (Å²) in [6.45, 7) is 5.60. The molecule has 1 N–H and O–H groups in total. The minimum absolute atomic E-state index is 0.151. The fourth-order valence-electron chi connectivity index (χ4n) is 5.43. The van der Waals surface area contributed by atoms with Crippen LogP contribution in [0, 0.1) is 18.8 Å². The van der Waals surface area contributed by atoms with Crippen LogP contribution in [0.15, 0.2) is 36.4 Å². The third-order valence-electron chi connectivity index (χ3n) is 7.19. The smallest absolute Gasteiger partial charge is 0.327 e. The van der Waals surface area contributed by atoms with E-state index in [-0.39, 0.29) is 18.9 Å². The van der Waals surface area contributed by atoms with Crippen molar-refractivity contribution in [1.29, 1.82) is 0 Å². The van der Waals surface area contributed by atoms with Gasteiger partial charge in [0.15, 0.2) is 11.5 Å². The molecule has 2 aromatic rings. The number of methoxy groups -OCH3 is 3. The maximum absolute atomic E-state index is 13.9. The Labute approximate surface area is 210 Å². The SMILES string of the molecule is CCOC(=O)[C@]1(CC)N[C@H](c2cc(OC)c(OC)c(OC)c2)[C@@H]2C(=O)N(c3ccc(C)cc3)C(=O)[C@H]21. The summed E-state index contributed by atoms with van der Waals surface area (Å²) in [6.07, 6.45) is 0.259. The zero-order valence-corrected chi connectivity index (χ0v) is 21.4. The number of rotatable bonds is 8. The number of nitrogens with one attached hydrogen (secondary N) is 1. The van der Waals surface area contributed by atoms with Crippen LogP contribution in [0.2, 0.25) is 0 Å². The Bertz CT molecular complexity index is 1150. The van der Waals surface area contributed by atoms with Gasteiger partial charge in [-0.3, -0.25) is 19.7 Å². The largest absolute Gasteiger partial charge is 0.493 e. The Morgan fingerprint density at radius 1 is 0.972 bits per heavy atom. The maximum atomic E-state index is 13.9. The summed E-state index contributed by atoms with van der Waals surface area (Å²) >= 11 is 0. The van der Waals surface area contributed by atoms with E-state index in [2.05, 4.69) is 5.32 Å². The van der Waals surface area contributed by atoms with E-state index < -0.39 is 35.3 Å². The van der Waals surface area contributed by atoms with Crippen LogP contribution in [0.3, 0.4) is 0 Å². The summed E-state index contributed by atoms with van der Waals surface area (Å²) in [5.74, 6) is -1.92. The van der Waals surface area contributed by atoms with E-state index in [0.717, 1.165) is 5.56 Å². The lowest BCUT2D eigenvalue weighted by Crippen LogP contribution is -2.56. The van der Waals surface area contributed by atoms with Crippen molar-refractivity contribution in [1.82, 2.24) is 5.32 Å². The van der Waals surface area contributed by atoms with Gasteiger partial charge in [-0.2, -0.15) is 0 Å². The molecule has 0 unspecified atom stereocenters. The van der Waals surface area contributed by atoms with Crippen LogP contribution in [-0.4, -0.2) is 51.3 Å². The molecule has 2 amide bonds. The molecule has 2 aliphatic heterocycles. The van der Waals surface area contributed by atoms with E-state index in [1.807, 2.05) is 26.0 Å². The normalized spacial score (nSPS) is 25.1. The summed E-state index contributed by atoms with van der Waals surface area (Å²) < 4.78 is 21.9. The fourth-order valence-corrected chi connectivity index (χ4v) is 5.43. The number of ether oxygens (including phenoxy) is 4. The van der Waals surface area contributed by atoms with Crippen LogP contribution < -0.4 is 24.4 Å². The number of aryl methyl sites for hydroxylation is 1. The molecule has 192 valence electrons. The van der Waals surface area contributed by atoms with Crippen LogP contribution in [0.4, 0.5) is 5.69 Å². The topological polar surface area (TPSA) is 103 Å². The maximum Gasteiger partial charge on any atom is 0.327 e. The molecule has 2 heterocycles. The van der Waals surface area contributed by atoms with E-state index in [9.17, 15) is 14.4 Å². The Morgan fingerprint density at radius 3 is 2.08 bits per heavy atom. The molecule has 0 aliphatic carbocycles. The molecular weight excluding hydrogens is 464 g/mol. The lowest BCUT2D eigenvalue weighted by atomic mass is 9.78. The average Bonchev–Trinajstić information content (AvgIpc) is 3.37. The standard InChI is InChI=1S/C27H32N2O7/c1-7-27(26(32)36-8-2)21-20(24(30)29(25(21)31)17-11-9-15(3)10-12-17)22(28-27)16-13-18(33-4)23(35-6)19(14-16)34-5/h9-14,20-22,28H,7-8H2,1-6H3/t20-,21+,22-,27-/m1/s1. The predicted octanol–water partition coefficient (Wildman–Crippen LogP) is 3.18. The summed E-state index contributed by atoms with van der Waals surface area (Å²) in [6, 6.07) is 9.96. The molecule has 2 aliphatic rings. The van der Waals surface area contributed by atoms with Gasteiger partial charge >= 0.3 is 5.97 Å². The molecule has 2 aromatic carbocycles. The number of nitrogens with zero attached hydrogens (tertiary/aromatic N) is 1. The second-order valence-corrected chi connectivity index (χ2v) is 8.98. The van der Waals surface area contributed by atoms with Gasteiger partial charge in [0.25, 0.3) is 0 Å². The minimum Gasteiger partial charge on any atom is -0.493 e. The molecular formula is C27H32N2O7. The lowest BCUT2D eigenvalue weighted by Gasteiger charge is -2.32. The first kappa shape index (κ1) is 25.5. The fraction of sp³-hybridized carbons (Fsp3) is 0.444. The molecule has 9 nitrogen and oxygen atoms in total. The molecule has 0 saturated carbocycles. The van der Waals surface area contributed by atoms with E-state index in [4.69, 9.17) is 18.9 Å². The molecule has 0 spiro atoms. The Morgan fingerprint density at radius 2 is 1.58 bits per heavy atom. The molecule has 4 atom stereocenters. The Balaban J connectivity index is 1.89. The van der Waals surface area contributed by atoms with Crippen molar-refractivity contribution in [2.24, 2.45) is 11.8 Å². The highest BCUT2D eigenvalue weighted by Gasteiger charge is 2.68. The summed E-state index contributed by atoms with van der Waals surface area (Å²) in [5.41, 5.74) is 0.732. The quantitative estimate of drug-likeness (QED) is 0.439. The van der Waals surface area contributed by atoms with Gasteiger partial charge in [-0.25, -0.2) is 4.90 Å². The van der Waals surface area contributed by atoms with Crippen LogP contribution >= 0.6 is 0 Å². The van der Waals surface area contributed by atoms with Gasteiger partial charge in [0.2, 0.25) is 17.6 Å². The monoisotopic (exact) mass is 496 g/mol. The first-order valence-corrected chi connectivity index (χ1v) is 12.0. The van der Waals surface area contributed by atoms with Crippen molar-refractivity contribution >= 4 is 23.5 Å². The Kier molecular flexibility index (Phi) is 6.95. The highest BCUT2D eigenvalue weighted by molar-refractivity contribution is 6.24. The highest BCUT2D eigenvalue weighted by atomic mass is 16.5. The van der Waals surface area contributed by atoms with E-state index in [0.29, 0.717) is 28.5 Å². The van der Waals surface area contributed by atoms with Crippen LogP contribution in [0.25, 0.3) is 0 Å². The average molecular weight is 497 g/mol. The molecule has 2 fully saturated rings. The number of fused-ring (bicyclic) bond motifs is 1. The van der Waals surface area contributed by atoms with E-state index in [1.54, 1.807) is 31.2 Å². The number of hydrogen-bond donors (Lipinski definition) is 1. The lowest BCUT2D eigenvalue weighted by molar-refractivity contribution is -0.154. The highest BCUT2D eigenvalue weighted by Crippen LogP contribution is 2.53. The first-order valence-electron chi connectivity index (χ1n) is 12.0. The van der Waals surface area contributed by atoms with Gasteiger partial charge in [-0.1, -0.05) is 24.6 Å². The minimum atomic E-state index is -1.38. The summed E-state index contributed by atoms with van der Waals surface area (Å²) in [5, 5.41) is 3.34. The predicted molar refractivity (Wildman–Crippen MR) is 132 cm³/mol. The second kappa shape index (κ2) is 9.81. The van der Waals surface area contributed by atoms with Crippen molar-refractivity contribution in [3.8, 4) is 17.2 Å². The van der Waals surface area contributed by atoms with Gasteiger partial charge in [0.05, 0.1) is 45.5 Å².